The van der Waals surface area contributed by atoms with E-state index >= 15 is 0 Å². The van der Waals surface area contributed by atoms with Gasteiger partial charge in [0.1, 0.15) is 5.82 Å². The highest BCUT2D eigenvalue weighted by molar-refractivity contribution is 5.94. The first kappa shape index (κ1) is 23.5. The molecular formula is C27H32FN5O2. The number of amides is 1. The van der Waals surface area contributed by atoms with Crippen molar-refractivity contribution in [2.45, 2.75) is 25.4 Å². The first-order valence-electron chi connectivity index (χ1n) is 12.3. The summed E-state index contributed by atoms with van der Waals surface area (Å²) in [5, 5.41) is 4.44. The second-order valence-corrected chi connectivity index (χ2v) is 9.35. The Morgan fingerprint density at radius 1 is 1.00 bits per heavy atom. The molecule has 0 spiro atoms. The van der Waals surface area contributed by atoms with E-state index in [0.29, 0.717) is 32.3 Å². The maximum absolute atomic E-state index is 13.2. The number of hydrogen-bond acceptors (Lipinski definition) is 5. The van der Waals surface area contributed by atoms with Crippen LogP contribution in [0, 0.1) is 5.82 Å². The molecule has 5 rings (SSSR count). The molecule has 0 N–H and O–H groups in total. The van der Waals surface area contributed by atoms with Gasteiger partial charge in [0.05, 0.1) is 25.1 Å². The molecule has 35 heavy (non-hydrogen) atoms. The third-order valence-corrected chi connectivity index (χ3v) is 7.02. The maximum Gasteiger partial charge on any atom is 0.254 e. The normalized spacial score (nSPS) is 17.2. The van der Waals surface area contributed by atoms with Gasteiger partial charge in [-0.3, -0.25) is 9.69 Å². The van der Waals surface area contributed by atoms with E-state index in [9.17, 15) is 9.18 Å². The van der Waals surface area contributed by atoms with Gasteiger partial charge in [-0.2, -0.15) is 5.10 Å². The summed E-state index contributed by atoms with van der Waals surface area (Å²) in [5.41, 5.74) is 3.91. The van der Waals surface area contributed by atoms with Gasteiger partial charge in [0, 0.05) is 61.8 Å². The third-order valence-electron chi connectivity index (χ3n) is 7.02. The summed E-state index contributed by atoms with van der Waals surface area (Å²) in [7, 11) is 2.17. The predicted octanol–water partition coefficient (Wildman–Crippen LogP) is 3.58. The SMILES string of the molecule is CN(Cc1cnn(-c2ccc(F)cc2)c1)C1CCN(c2ccc(C(=O)N3CCOCC3)cc2)CC1. The highest BCUT2D eigenvalue weighted by atomic mass is 19.1. The van der Waals surface area contributed by atoms with Crippen LogP contribution in [0.3, 0.4) is 0 Å². The first-order chi connectivity index (χ1) is 17.1. The fourth-order valence-corrected chi connectivity index (χ4v) is 4.92. The van der Waals surface area contributed by atoms with E-state index in [1.807, 2.05) is 29.4 Å². The zero-order valence-electron chi connectivity index (χ0n) is 20.1. The second kappa shape index (κ2) is 10.6. The standard InChI is InChI=1S/C27H32FN5O2/c1-30(19-21-18-29-33(20-21)26-8-4-23(28)5-9-26)24-10-12-31(13-11-24)25-6-2-22(3-7-25)27(34)32-14-16-35-17-15-32/h2-9,18,20,24H,10-17,19H2,1H3. The molecule has 0 atom stereocenters. The highest BCUT2D eigenvalue weighted by Crippen LogP contribution is 2.24. The Labute approximate surface area is 205 Å². The van der Waals surface area contributed by atoms with Crippen molar-refractivity contribution in [2.24, 2.45) is 0 Å². The molecule has 1 aromatic heterocycles. The maximum atomic E-state index is 13.2. The van der Waals surface area contributed by atoms with E-state index in [-0.39, 0.29) is 11.7 Å². The molecule has 7 nitrogen and oxygen atoms in total. The summed E-state index contributed by atoms with van der Waals surface area (Å²) >= 11 is 0. The second-order valence-electron chi connectivity index (χ2n) is 9.35. The molecule has 184 valence electrons. The number of aromatic nitrogens is 2. The van der Waals surface area contributed by atoms with Gasteiger partial charge in [0.15, 0.2) is 0 Å². The average Bonchev–Trinajstić information content (AvgIpc) is 3.38. The Bertz CT molecular complexity index is 1120. The highest BCUT2D eigenvalue weighted by Gasteiger charge is 2.24. The average molecular weight is 478 g/mol. The number of halogens is 1. The molecule has 3 heterocycles. The number of carbonyl (C=O) groups is 1. The van der Waals surface area contributed by atoms with Crippen LogP contribution in [0.1, 0.15) is 28.8 Å². The largest absolute Gasteiger partial charge is 0.378 e. The van der Waals surface area contributed by atoms with Crippen molar-refractivity contribution in [3.05, 3.63) is 77.9 Å². The monoisotopic (exact) mass is 477 g/mol. The van der Waals surface area contributed by atoms with Crippen molar-refractivity contribution in [1.29, 1.82) is 0 Å². The summed E-state index contributed by atoms with van der Waals surface area (Å²) in [6.07, 6.45) is 6.06. The zero-order chi connectivity index (χ0) is 24.2. The molecular weight excluding hydrogens is 445 g/mol. The topological polar surface area (TPSA) is 53.8 Å². The number of ether oxygens (including phenoxy) is 1. The lowest BCUT2D eigenvalue weighted by atomic mass is 10.0. The summed E-state index contributed by atoms with van der Waals surface area (Å²) < 4.78 is 20.3. The Morgan fingerprint density at radius 2 is 1.66 bits per heavy atom. The molecule has 2 aliphatic rings. The van der Waals surface area contributed by atoms with Gasteiger partial charge in [-0.05, 0) is 68.4 Å². The molecule has 1 amide bonds. The Kier molecular flexibility index (Phi) is 7.11. The summed E-state index contributed by atoms with van der Waals surface area (Å²) in [5.74, 6) is -0.160. The van der Waals surface area contributed by atoms with E-state index < -0.39 is 0 Å². The van der Waals surface area contributed by atoms with Crippen molar-refractivity contribution >= 4 is 11.6 Å². The van der Waals surface area contributed by atoms with Crippen molar-refractivity contribution in [1.82, 2.24) is 19.6 Å². The molecule has 0 bridgehead atoms. The molecule has 2 fully saturated rings. The van der Waals surface area contributed by atoms with Gasteiger partial charge in [0.25, 0.3) is 5.91 Å². The number of hydrogen-bond donors (Lipinski definition) is 0. The summed E-state index contributed by atoms with van der Waals surface area (Å²) in [4.78, 5) is 19.3. The number of piperidine rings is 1. The Morgan fingerprint density at radius 3 is 2.34 bits per heavy atom. The van der Waals surface area contributed by atoms with Crippen LogP contribution in [0.25, 0.3) is 5.69 Å². The van der Waals surface area contributed by atoms with Crippen LogP contribution in [0.2, 0.25) is 0 Å². The van der Waals surface area contributed by atoms with Crippen molar-refractivity contribution in [3.63, 3.8) is 0 Å². The van der Waals surface area contributed by atoms with Gasteiger partial charge in [-0.25, -0.2) is 9.07 Å². The van der Waals surface area contributed by atoms with Crippen LogP contribution in [-0.2, 0) is 11.3 Å². The number of carbonyl (C=O) groups excluding carboxylic acids is 1. The summed E-state index contributed by atoms with van der Waals surface area (Å²) in [6, 6.07) is 14.9. The minimum atomic E-state index is -0.246. The van der Waals surface area contributed by atoms with E-state index in [0.717, 1.165) is 49.3 Å². The molecule has 8 heteroatoms. The Balaban J connectivity index is 1.12. The van der Waals surface area contributed by atoms with Crippen molar-refractivity contribution in [3.8, 4) is 5.69 Å². The first-order valence-corrected chi connectivity index (χ1v) is 12.3. The smallest absolute Gasteiger partial charge is 0.254 e. The van der Waals surface area contributed by atoms with Crippen LogP contribution in [0.5, 0.6) is 0 Å². The van der Waals surface area contributed by atoms with E-state index in [4.69, 9.17) is 4.74 Å². The number of nitrogens with zero attached hydrogens (tertiary/aromatic N) is 5. The van der Waals surface area contributed by atoms with E-state index in [1.54, 1.807) is 16.8 Å². The lowest BCUT2D eigenvalue weighted by Gasteiger charge is -2.38. The molecule has 2 aliphatic heterocycles. The van der Waals surface area contributed by atoms with Gasteiger partial charge >= 0.3 is 0 Å². The van der Waals surface area contributed by atoms with Crippen molar-refractivity contribution < 1.29 is 13.9 Å². The lowest BCUT2D eigenvalue weighted by molar-refractivity contribution is 0.0303. The number of morpholine rings is 1. The Hall–Kier alpha value is -3.23. The molecule has 2 saturated heterocycles. The minimum absolute atomic E-state index is 0.0860. The number of benzene rings is 2. The fourth-order valence-electron chi connectivity index (χ4n) is 4.92. The molecule has 0 saturated carbocycles. The van der Waals surface area contributed by atoms with Crippen LogP contribution >= 0.6 is 0 Å². The third kappa shape index (κ3) is 5.55. The van der Waals surface area contributed by atoms with Crippen LogP contribution in [0.15, 0.2) is 60.9 Å². The van der Waals surface area contributed by atoms with Gasteiger partial charge < -0.3 is 14.5 Å². The van der Waals surface area contributed by atoms with Crippen LogP contribution in [0.4, 0.5) is 10.1 Å². The molecule has 0 radical (unpaired) electrons. The van der Waals surface area contributed by atoms with Crippen LogP contribution < -0.4 is 4.90 Å². The minimum Gasteiger partial charge on any atom is -0.378 e. The molecule has 0 aliphatic carbocycles. The van der Waals surface area contributed by atoms with Crippen molar-refractivity contribution in [2.75, 3.05) is 51.3 Å². The molecule has 3 aromatic rings. The summed E-state index contributed by atoms with van der Waals surface area (Å²) in [6.45, 7) is 5.35. The zero-order valence-corrected chi connectivity index (χ0v) is 20.1. The number of rotatable bonds is 6. The lowest BCUT2D eigenvalue weighted by Crippen LogP contribution is -2.43. The molecule has 0 unspecified atom stereocenters. The predicted molar refractivity (Wildman–Crippen MR) is 133 cm³/mol. The number of anilines is 1. The van der Waals surface area contributed by atoms with E-state index in [1.165, 1.54) is 17.8 Å². The molecule has 2 aromatic carbocycles. The fraction of sp³-hybridized carbons (Fsp3) is 0.407. The van der Waals surface area contributed by atoms with Crippen LogP contribution in [-0.4, -0.2) is 78.0 Å². The van der Waals surface area contributed by atoms with Gasteiger partial charge in [-0.1, -0.05) is 0 Å². The van der Waals surface area contributed by atoms with Gasteiger partial charge in [-0.15, -0.1) is 0 Å². The quantitative estimate of drug-likeness (QED) is 0.543. The van der Waals surface area contributed by atoms with E-state index in [2.05, 4.69) is 34.1 Å². The van der Waals surface area contributed by atoms with Gasteiger partial charge in [0.2, 0.25) is 0 Å².